The molecule has 0 aromatic rings. The lowest BCUT2D eigenvalue weighted by Gasteiger charge is -2.31. The molecule has 0 spiro atoms. The second-order valence-electron chi connectivity index (χ2n) is 14.7. The number of allylic oxidation sites excluding steroid dienone is 12. The minimum absolute atomic E-state index is 0.0608. The van der Waals surface area contributed by atoms with Gasteiger partial charge in [0.05, 0.1) is 39.9 Å². The van der Waals surface area contributed by atoms with Gasteiger partial charge in [-0.25, -0.2) is 0 Å². The van der Waals surface area contributed by atoms with Crippen LogP contribution in [0.1, 0.15) is 136 Å². The fraction of sp³-hybridized carbons (Fsp3) is 0.698. The number of nitrogens with zero attached hydrogens (tertiary/aromatic N) is 1. The van der Waals surface area contributed by atoms with Crippen LogP contribution in [0.2, 0.25) is 0 Å². The Bertz CT molecular complexity index is 1110. The highest BCUT2D eigenvalue weighted by atomic mass is 31.2. The number of aliphatic hydroxyl groups excluding tert-OH is 2. The third kappa shape index (κ3) is 35.4. The van der Waals surface area contributed by atoms with Crippen LogP contribution in [0.15, 0.2) is 72.9 Å². The second kappa shape index (κ2) is 34.4. The molecule has 53 heavy (non-hydrogen) atoms. The summed E-state index contributed by atoms with van der Waals surface area (Å²) in [6.45, 7) is 4.21. The van der Waals surface area contributed by atoms with E-state index in [4.69, 9.17) is 9.05 Å². The number of carbonyl (C=O) groups excluding carboxylic acids is 1. The fourth-order valence-corrected chi connectivity index (χ4v) is 5.95. The molecular formula is C43H77N2O7P. The number of carbonyl (C=O) groups is 1. The van der Waals surface area contributed by atoms with Crippen molar-refractivity contribution < 1.29 is 38.0 Å². The van der Waals surface area contributed by atoms with Crippen molar-refractivity contribution in [2.24, 2.45) is 0 Å². The summed E-state index contributed by atoms with van der Waals surface area (Å²) in [5.74, 6) is -0.350. The number of rotatable bonds is 35. The van der Waals surface area contributed by atoms with Crippen molar-refractivity contribution >= 4 is 13.7 Å². The lowest BCUT2D eigenvalue weighted by atomic mass is 10.0. The number of unbranched alkanes of at least 4 members (excludes halogenated alkanes) is 9. The summed E-state index contributed by atoms with van der Waals surface area (Å²) < 4.78 is 23.0. The first-order chi connectivity index (χ1) is 25.4. The van der Waals surface area contributed by atoms with E-state index in [9.17, 15) is 24.5 Å². The van der Waals surface area contributed by atoms with Crippen LogP contribution in [0.25, 0.3) is 0 Å². The van der Waals surface area contributed by atoms with Crippen LogP contribution in [0.5, 0.6) is 0 Å². The predicted octanol–water partition coefficient (Wildman–Crippen LogP) is 9.19. The summed E-state index contributed by atoms with van der Waals surface area (Å²) in [5, 5.41) is 24.4. The molecule has 0 aromatic heterocycles. The molecule has 0 saturated carbocycles. The first-order valence-electron chi connectivity index (χ1n) is 20.4. The summed E-state index contributed by atoms with van der Waals surface area (Å²) in [4.78, 5) is 25.3. The number of phosphoric ester groups is 1. The maximum atomic E-state index is 12.8. The number of likely N-dealkylation sites (N-methyl/N-ethyl adjacent to an activating group) is 1. The zero-order valence-electron chi connectivity index (χ0n) is 34.0. The molecule has 4 atom stereocenters. The summed E-state index contributed by atoms with van der Waals surface area (Å²) in [6.07, 6.45) is 41.0. The SMILES string of the molecule is CC/C=C\C/C=C\C/C=C\C/C=C\C/C=C\CCCC(=O)NC(COP(=O)([O-])OCC[N+](C)(C)C)C(O)C(O)CCC/C=C/CCCCCCCCC. The second-order valence-corrected chi connectivity index (χ2v) is 16.1. The molecule has 4 unspecified atom stereocenters. The van der Waals surface area contributed by atoms with Gasteiger partial charge in [0.25, 0.3) is 7.82 Å². The zero-order chi connectivity index (χ0) is 39.5. The Labute approximate surface area is 324 Å². The lowest BCUT2D eigenvalue weighted by molar-refractivity contribution is -0.870. The van der Waals surface area contributed by atoms with Crippen LogP contribution in [0.4, 0.5) is 0 Å². The molecule has 1 amide bonds. The Morgan fingerprint density at radius 2 is 1.19 bits per heavy atom. The summed E-state index contributed by atoms with van der Waals surface area (Å²) >= 11 is 0. The molecule has 0 aromatic carbocycles. The highest BCUT2D eigenvalue weighted by Crippen LogP contribution is 2.38. The predicted molar refractivity (Wildman–Crippen MR) is 220 cm³/mol. The monoisotopic (exact) mass is 765 g/mol. The molecule has 0 aliphatic rings. The van der Waals surface area contributed by atoms with E-state index < -0.39 is 32.7 Å². The average Bonchev–Trinajstić information content (AvgIpc) is 3.10. The van der Waals surface area contributed by atoms with Gasteiger partial charge in [0.15, 0.2) is 0 Å². The lowest BCUT2D eigenvalue weighted by Crippen LogP contribution is -2.51. The van der Waals surface area contributed by atoms with Gasteiger partial charge in [-0.3, -0.25) is 9.36 Å². The molecule has 0 bridgehead atoms. The van der Waals surface area contributed by atoms with Gasteiger partial charge in [-0.1, -0.05) is 125 Å². The van der Waals surface area contributed by atoms with E-state index in [1.54, 1.807) is 0 Å². The van der Waals surface area contributed by atoms with E-state index >= 15 is 0 Å². The van der Waals surface area contributed by atoms with E-state index in [1.165, 1.54) is 44.9 Å². The Hall–Kier alpha value is -2.10. The number of amides is 1. The van der Waals surface area contributed by atoms with Crippen molar-refractivity contribution in [3.05, 3.63) is 72.9 Å². The van der Waals surface area contributed by atoms with Gasteiger partial charge in [0.2, 0.25) is 5.91 Å². The van der Waals surface area contributed by atoms with Crippen molar-refractivity contribution in [2.75, 3.05) is 40.9 Å². The Morgan fingerprint density at radius 1 is 0.698 bits per heavy atom. The van der Waals surface area contributed by atoms with Gasteiger partial charge < -0.3 is 34.0 Å². The maximum absolute atomic E-state index is 12.8. The van der Waals surface area contributed by atoms with Crippen LogP contribution in [0.3, 0.4) is 0 Å². The third-order valence-corrected chi connectivity index (χ3v) is 9.48. The minimum atomic E-state index is -4.69. The Morgan fingerprint density at radius 3 is 1.75 bits per heavy atom. The summed E-state index contributed by atoms with van der Waals surface area (Å²) in [6, 6.07) is -1.12. The van der Waals surface area contributed by atoms with E-state index in [0.717, 1.165) is 44.9 Å². The standard InChI is InChI=1S/C43H77N2O7P/c1-6-8-10-12-14-16-18-20-21-22-23-24-26-28-30-32-34-36-42(47)44-40(39-52-53(49,50)51-38-37-45(3,4)5)43(48)41(46)35-33-31-29-27-25-19-17-15-13-11-9-7-2/h8,10,14,16,20-21,23-24,27-30,40-41,43,46,48H,6-7,9,11-13,15,17-19,22,25-26,31-39H2,1-5H3,(H-,44,47,49,50)/b10-8-,16-14-,21-20-,24-23-,29-27+,30-28-. The quantitative estimate of drug-likeness (QED) is 0.0254. The van der Waals surface area contributed by atoms with Gasteiger partial charge in [0, 0.05) is 6.42 Å². The van der Waals surface area contributed by atoms with Gasteiger partial charge in [-0.15, -0.1) is 0 Å². The first kappa shape index (κ1) is 50.9. The molecule has 0 heterocycles. The minimum Gasteiger partial charge on any atom is -0.756 e. The normalized spacial score (nSPS) is 15.8. The van der Waals surface area contributed by atoms with Crippen LogP contribution >= 0.6 is 7.82 Å². The van der Waals surface area contributed by atoms with Gasteiger partial charge in [-0.2, -0.15) is 0 Å². The van der Waals surface area contributed by atoms with E-state index in [1.807, 2.05) is 27.2 Å². The van der Waals surface area contributed by atoms with Crippen molar-refractivity contribution in [1.82, 2.24) is 5.32 Å². The van der Waals surface area contributed by atoms with E-state index in [2.05, 4.69) is 86.0 Å². The molecule has 0 radical (unpaired) electrons. The average molecular weight is 765 g/mol. The molecule has 306 valence electrons. The van der Waals surface area contributed by atoms with Crippen LogP contribution < -0.4 is 10.2 Å². The molecule has 3 N–H and O–H groups in total. The first-order valence-corrected chi connectivity index (χ1v) is 21.8. The third-order valence-electron chi connectivity index (χ3n) is 8.52. The molecule has 0 rings (SSSR count). The van der Waals surface area contributed by atoms with Crippen molar-refractivity contribution in [3.63, 3.8) is 0 Å². The van der Waals surface area contributed by atoms with Crippen molar-refractivity contribution in [2.45, 2.75) is 154 Å². The molecule has 0 aliphatic heterocycles. The molecule has 10 heteroatoms. The molecule has 9 nitrogen and oxygen atoms in total. The molecule has 0 fully saturated rings. The fourth-order valence-electron chi connectivity index (χ4n) is 5.23. The number of hydrogen-bond acceptors (Lipinski definition) is 7. The van der Waals surface area contributed by atoms with Gasteiger partial charge >= 0.3 is 0 Å². The topological polar surface area (TPSA) is 128 Å². The molecule has 0 saturated heterocycles. The summed E-state index contributed by atoms with van der Waals surface area (Å²) in [5.41, 5.74) is 0. The van der Waals surface area contributed by atoms with E-state index in [0.29, 0.717) is 36.7 Å². The number of quaternary nitrogens is 1. The van der Waals surface area contributed by atoms with Crippen LogP contribution in [-0.2, 0) is 18.4 Å². The zero-order valence-corrected chi connectivity index (χ0v) is 34.9. The Kier molecular flexibility index (Phi) is 33.0. The van der Waals surface area contributed by atoms with Gasteiger partial charge in [-0.05, 0) is 77.0 Å². The number of aliphatic hydroxyl groups is 2. The van der Waals surface area contributed by atoms with Crippen LogP contribution in [0, 0.1) is 0 Å². The Balaban J connectivity index is 4.74. The molecule has 0 aliphatic carbocycles. The number of nitrogens with one attached hydrogen (secondary N) is 1. The van der Waals surface area contributed by atoms with Crippen molar-refractivity contribution in [3.8, 4) is 0 Å². The number of phosphoric acid groups is 1. The van der Waals surface area contributed by atoms with Crippen LogP contribution in [-0.4, -0.2) is 79.8 Å². The highest BCUT2D eigenvalue weighted by molar-refractivity contribution is 7.45. The molecular weight excluding hydrogens is 687 g/mol. The smallest absolute Gasteiger partial charge is 0.268 e. The number of hydrogen-bond donors (Lipinski definition) is 3. The largest absolute Gasteiger partial charge is 0.756 e. The maximum Gasteiger partial charge on any atom is 0.268 e. The summed E-state index contributed by atoms with van der Waals surface area (Å²) in [7, 11) is 1.05. The van der Waals surface area contributed by atoms with E-state index in [-0.39, 0.29) is 18.9 Å². The van der Waals surface area contributed by atoms with Crippen molar-refractivity contribution in [1.29, 1.82) is 0 Å². The van der Waals surface area contributed by atoms with Gasteiger partial charge in [0.1, 0.15) is 19.3 Å². The highest BCUT2D eigenvalue weighted by Gasteiger charge is 2.29.